The summed E-state index contributed by atoms with van der Waals surface area (Å²) in [5.74, 6) is 0. The molecule has 0 aliphatic carbocycles. The van der Waals surface area contributed by atoms with E-state index < -0.39 is 0 Å². The van der Waals surface area contributed by atoms with Gasteiger partial charge in [0.1, 0.15) is 0 Å². The van der Waals surface area contributed by atoms with E-state index in [1.807, 2.05) is 18.3 Å². The van der Waals surface area contributed by atoms with E-state index >= 15 is 0 Å². The summed E-state index contributed by atoms with van der Waals surface area (Å²) in [4.78, 5) is 0. The summed E-state index contributed by atoms with van der Waals surface area (Å²) in [5.41, 5.74) is 10.2. The first-order valence-electron chi connectivity index (χ1n) is 6.73. The van der Waals surface area contributed by atoms with E-state index in [1.54, 1.807) is 0 Å². The number of nitrogens with two attached hydrogens (primary N) is 1. The number of nitrogen functional groups attached to an aromatic ring is 1. The van der Waals surface area contributed by atoms with Gasteiger partial charge in [-0.25, -0.2) is 0 Å². The quantitative estimate of drug-likeness (QED) is 0.842. The number of hydrogen-bond donors (Lipinski definition) is 1. The van der Waals surface area contributed by atoms with Crippen molar-refractivity contribution in [1.29, 1.82) is 0 Å². The molecule has 2 aromatic rings. The number of nitrogens with zero attached hydrogens (tertiary/aromatic N) is 2. The Labute approximate surface area is 113 Å². The summed E-state index contributed by atoms with van der Waals surface area (Å²) < 4.78 is 7.46. The molecule has 1 aromatic carbocycles. The largest absolute Gasteiger partial charge is 0.398 e. The molecule has 0 spiro atoms. The van der Waals surface area contributed by atoms with Crippen LogP contribution in [0.25, 0.3) is 11.1 Å². The van der Waals surface area contributed by atoms with E-state index in [1.165, 1.54) is 5.56 Å². The van der Waals surface area contributed by atoms with Crippen LogP contribution >= 0.6 is 0 Å². The van der Waals surface area contributed by atoms with Gasteiger partial charge in [0.05, 0.1) is 12.2 Å². The highest BCUT2D eigenvalue weighted by Crippen LogP contribution is 2.28. The molecule has 0 amide bonds. The van der Waals surface area contributed by atoms with Gasteiger partial charge < -0.3 is 10.5 Å². The number of hydrogen-bond acceptors (Lipinski definition) is 3. The first kappa shape index (κ1) is 12.2. The van der Waals surface area contributed by atoms with Gasteiger partial charge in [-0.2, -0.15) is 5.10 Å². The fourth-order valence-corrected chi connectivity index (χ4v) is 2.59. The van der Waals surface area contributed by atoms with Crippen molar-refractivity contribution in [2.45, 2.75) is 25.8 Å². The summed E-state index contributed by atoms with van der Waals surface area (Å²) in [6.07, 6.45) is 6.13. The normalized spacial score (nSPS) is 16.7. The molecule has 0 radical (unpaired) electrons. The minimum absolute atomic E-state index is 0.462. The van der Waals surface area contributed by atoms with Crippen LogP contribution in [-0.4, -0.2) is 23.0 Å². The van der Waals surface area contributed by atoms with Crippen LogP contribution in [0.4, 0.5) is 5.69 Å². The Morgan fingerprint density at radius 3 is 2.89 bits per heavy atom. The predicted octanol–water partition coefficient (Wildman–Crippen LogP) is 2.79. The second-order valence-corrected chi connectivity index (χ2v) is 5.07. The van der Waals surface area contributed by atoms with Gasteiger partial charge in [-0.05, 0) is 37.0 Å². The van der Waals surface area contributed by atoms with Crippen molar-refractivity contribution >= 4 is 5.69 Å². The van der Waals surface area contributed by atoms with Crippen LogP contribution in [0.2, 0.25) is 0 Å². The maximum atomic E-state index is 5.96. The van der Waals surface area contributed by atoms with E-state index in [-0.39, 0.29) is 0 Å². The molecule has 3 rings (SSSR count). The first-order valence-corrected chi connectivity index (χ1v) is 6.73. The van der Waals surface area contributed by atoms with Gasteiger partial charge in [0.15, 0.2) is 0 Å². The Morgan fingerprint density at radius 2 is 2.11 bits per heavy atom. The zero-order chi connectivity index (χ0) is 13.2. The van der Waals surface area contributed by atoms with E-state index in [9.17, 15) is 0 Å². The lowest BCUT2D eigenvalue weighted by molar-refractivity contribution is 0.0662. The highest BCUT2D eigenvalue weighted by Gasteiger charge is 2.17. The molecule has 1 fully saturated rings. The highest BCUT2D eigenvalue weighted by atomic mass is 16.5. The molecule has 1 aliphatic rings. The van der Waals surface area contributed by atoms with Crippen LogP contribution in [0.1, 0.15) is 24.4 Å². The summed E-state index contributed by atoms with van der Waals surface area (Å²) in [6, 6.07) is 6.48. The van der Waals surface area contributed by atoms with Crippen molar-refractivity contribution in [2.24, 2.45) is 0 Å². The molecule has 0 saturated carbocycles. The van der Waals surface area contributed by atoms with Crippen LogP contribution in [0.5, 0.6) is 0 Å². The van der Waals surface area contributed by atoms with Crippen LogP contribution in [0, 0.1) is 6.92 Å². The SMILES string of the molecule is Cc1c(N)cccc1-c1cnn(C2CCOCC2)c1. The van der Waals surface area contributed by atoms with Crippen LogP contribution in [0.3, 0.4) is 0 Å². The van der Waals surface area contributed by atoms with E-state index in [2.05, 4.69) is 29.0 Å². The Kier molecular flexibility index (Phi) is 3.25. The summed E-state index contributed by atoms with van der Waals surface area (Å²) in [6.45, 7) is 3.71. The molecule has 0 unspecified atom stereocenters. The van der Waals surface area contributed by atoms with Crippen LogP contribution < -0.4 is 5.73 Å². The zero-order valence-corrected chi connectivity index (χ0v) is 11.2. The van der Waals surface area contributed by atoms with Gasteiger partial charge in [0.2, 0.25) is 0 Å². The molecule has 2 heterocycles. The highest BCUT2D eigenvalue weighted by molar-refractivity contribution is 5.71. The Balaban J connectivity index is 1.90. The molecule has 1 aromatic heterocycles. The minimum Gasteiger partial charge on any atom is -0.398 e. The molecule has 1 aliphatic heterocycles. The maximum absolute atomic E-state index is 5.96. The van der Waals surface area contributed by atoms with Crippen molar-refractivity contribution in [2.75, 3.05) is 18.9 Å². The number of benzene rings is 1. The zero-order valence-electron chi connectivity index (χ0n) is 11.2. The molecule has 0 atom stereocenters. The molecule has 0 bridgehead atoms. The van der Waals surface area contributed by atoms with E-state index in [4.69, 9.17) is 10.5 Å². The van der Waals surface area contributed by atoms with Crippen molar-refractivity contribution < 1.29 is 4.74 Å². The van der Waals surface area contributed by atoms with Gasteiger partial charge in [0, 0.05) is 30.7 Å². The third-order valence-electron chi connectivity index (χ3n) is 3.85. The van der Waals surface area contributed by atoms with Crippen molar-refractivity contribution in [3.63, 3.8) is 0 Å². The topological polar surface area (TPSA) is 53.1 Å². The molecule has 4 nitrogen and oxygen atoms in total. The van der Waals surface area contributed by atoms with Gasteiger partial charge in [0.25, 0.3) is 0 Å². The van der Waals surface area contributed by atoms with Gasteiger partial charge >= 0.3 is 0 Å². The van der Waals surface area contributed by atoms with Crippen molar-refractivity contribution in [3.05, 3.63) is 36.2 Å². The Bertz CT molecular complexity index is 571. The van der Waals surface area contributed by atoms with E-state index in [0.29, 0.717) is 6.04 Å². The fraction of sp³-hybridized carbons (Fsp3) is 0.400. The second-order valence-electron chi connectivity index (χ2n) is 5.07. The van der Waals surface area contributed by atoms with Crippen molar-refractivity contribution in [3.8, 4) is 11.1 Å². The molecule has 1 saturated heterocycles. The molecular formula is C15H19N3O. The number of aromatic nitrogens is 2. The summed E-state index contributed by atoms with van der Waals surface area (Å²) in [7, 11) is 0. The predicted molar refractivity (Wildman–Crippen MR) is 75.9 cm³/mol. The lowest BCUT2D eigenvalue weighted by atomic mass is 10.0. The monoisotopic (exact) mass is 257 g/mol. The average molecular weight is 257 g/mol. The Morgan fingerprint density at radius 1 is 1.32 bits per heavy atom. The lowest BCUT2D eigenvalue weighted by Gasteiger charge is -2.22. The smallest absolute Gasteiger partial charge is 0.0568 e. The number of rotatable bonds is 2. The second kappa shape index (κ2) is 5.05. The van der Waals surface area contributed by atoms with E-state index in [0.717, 1.165) is 42.9 Å². The fourth-order valence-electron chi connectivity index (χ4n) is 2.59. The summed E-state index contributed by atoms with van der Waals surface area (Å²) in [5, 5.41) is 4.51. The standard InChI is InChI=1S/C15H19N3O/c1-11-14(3-2-4-15(11)16)12-9-17-18(10-12)13-5-7-19-8-6-13/h2-4,9-10,13H,5-8,16H2,1H3. The molecule has 2 N–H and O–H groups in total. The van der Waals surface area contributed by atoms with Crippen LogP contribution in [-0.2, 0) is 4.74 Å². The molecular weight excluding hydrogens is 238 g/mol. The third-order valence-corrected chi connectivity index (χ3v) is 3.85. The number of ether oxygens (including phenoxy) is 1. The van der Waals surface area contributed by atoms with Gasteiger partial charge in [-0.3, -0.25) is 4.68 Å². The number of anilines is 1. The first-order chi connectivity index (χ1) is 9.25. The third kappa shape index (κ3) is 2.36. The maximum Gasteiger partial charge on any atom is 0.0568 e. The molecule has 100 valence electrons. The van der Waals surface area contributed by atoms with Gasteiger partial charge in [-0.15, -0.1) is 0 Å². The minimum atomic E-state index is 0.462. The lowest BCUT2D eigenvalue weighted by Crippen LogP contribution is -2.19. The molecule has 4 heteroatoms. The van der Waals surface area contributed by atoms with Gasteiger partial charge in [-0.1, -0.05) is 12.1 Å². The Hall–Kier alpha value is -1.81. The average Bonchev–Trinajstić information content (AvgIpc) is 2.92. The van der Waals surface area contributed by atoms with Crippen molar-refractivity contribution in [1.82, 2.24) is 9.78 Å². The van der Waals surface area contributed by atoms with Crippen LogP contribution in [0.15, 0.2) is 30.6 Å². The summed E-state index contributed by atoms with van der Waals surface area (Å²) >= 11 is 0. The molecule has 19 heavy (non-hydrogen) atoms.